The number of aromatic nitrogens is 4. The molecule has 4 aromatic rings. The zero-order chi connectivity index (χ0) is 19.3. The minimum absolute atomic E-state index is 0.722. The number of hydrogen-bond donors (Lipinski definition) is 2. The van der Waals surface area contributed by atoms with Gasteiger partial charge in [0.1, 0.15) is 23.3 Å². The monoisotopic (exact) mass is 368 g/mol. The third-order valence-electron chi connectivity index (χ3n) is 4.27. The summed E-state index contributed by atoms with van der Waals surface area (Å²) < 4.78 is 0. The first kappa shape index (κ1) is 17.6. The third kappa shape index (κ3) is 3.96. The number of anilines is 4. The summed E-state index contributed by atoms with van der Waals surface area (Å²) >= 11 is 0. The molecule has 0 spiro atoms. The molecule has 0 aromatic carbocycles. The van der Waals surface area contributed by atoms with E-state index in [1.165, 1.54) is 0 Å². The van der Waals surface area contributed by atoms with Gasteiger partial charge in [-0.1, -0.05) is 24.3 Å². The lowest BCUT2D eigenvalue weighted by Crippen LogP contribution is -2.01. The summed E-state index contributed by atoms with van der Waals surface area (Å²) in [5, 5.41) is 6.54. The maximum absolute atomic E-state index is 4.69. The van der Waals surface area contributed by atoms with Crippen LogP contribution in [0.4, 0.5) is 23.3 Å². The molecule has 0 bridgehead atoms. The first-order chi connectivity index (χ1) is 13.7. The van der Waals surface area contributed by atoms with Crippen LogP contribution in [0, 0.1) is 13.8 Å². The summed E-state index contributed by atoms with van der Waals surface area (Å²) in [4.78, 5) is 18.1. The van der Waals surface area contributed by atoms with Crippen molar-refractivity contribution in [3.63, 3.8) is 0 Å². The van der Waals surface area contributed by atoms with Crippen LogP contribution in [0.15, 0.2) is 73.1 Å². The van der Waals surface area contributed by atoms with Crippen LogP contribution in [0.25, 0.3) is 11.4 Å². The fraction of sp³-hybridized carbons (Fsp3) is 0.0909. The molecule has 0 atom stereocenters. The molecule has 0 aliphatic heterocycles. The van der Waals surface area contributed by atoms with Gasteiger partial charge in [-0.05, 0) is 61.4 Å². The molecule has 6 nitrogen and oxygen atoms in total. The molecule has 6 heteroatoms. The molecule has 0 saturated heterocycles. The van der Waals surface area contributed by atoms with Crippen LogP contribution in [0.1, 0.15) is 11.1 Å². The van der Waals surface area contributed by atoms with Crippen molar-refractivity contribution in [3.8, 4) is 11.4 Å². The van der Waals surface area contributed by atoms with E-state index in [1.54, 1.807) is 12.4 Å². The van der Waals surface area contributed by atoms with Gasteiger partial charge in [0.15, 0.2) is 0 Å². The Morgan fingerprint density at radius 2 is 1.04 bits per heavy atom. The van der Waals surface area contributed by atoms with Gasteiger partial charge in [0.05, 0.1) is 11.4 Å². The highest BCUT2D eigenvalue weighted by atomic mass is 15.1. The van der Waals surface area contributed by atoms with Crippen molar-refractivity contribution in [1.29, 1.82) is 0 Å². The van der Waals surface area contributed by atoms with Crippen LogP contribution < -0.4 is 10.6 Å². The lowest BCUT2D eigenvalue weighted by atomic mass is 10.2. The van der Waals surface area contributed by atoms with E-state index < -0.39 is 0 Å². The second-order valence-electron chi connectivity index (χ2n) is 6.40. The van der Waals surface area contributed by atoms with Crippen LogP contribution in [0.5, 0.6) is 0 Å². The Morgan fingerprint density at radius 1 is 0.571 bits per heavy atom. The summed E-state index contributed by atoms with van der Waals surface area (Å²) in [5.41, 5.74) is 3.68. The Balaban J connectivity index is 1.59. The largest absolute Gasteiger partial charge is 0.325 e. The average Bonchev–Trinajstić information content (AvgIpc) is 2.72. The average molecular weight is 368 g/mol. The number of pyridine rings is 4. The molecule has 0 unspecified atom stereocenters. The highest BCUT2D eigenvalue weighted by Crippen LogP contribution is 2.23. The minimum Gasteiger partial charge on any atom is -0.325 e. The van der Waals surface area contributed by atoms with Crippen LogP contribution in [-0.4, -0.2) is 19.9 Å². The first-order valence-corrected chi connectivity index (χ1v) is 9.01. The SMILES string of the molecule is Cc1cccnc1Nc1cccc(-c2cccc(Nc3ncccc3C)n2)n1. The van der Waals surface area contributed by atoms with Gasteiger partial charge in [0.2, 0.25) is 0 Å². The summed E-state index contributed by atoms with van der Waals surface area (Å²) in [5.74, 6) is 3.03. The molecule has 0 saturated carbocycles. The molecule has 0 fully saturated rings. The predicted octanol–water partition coefficient (Wildman–Crippen LogP) is 5.04. The molecule has 138 valence electrons. The number of rotatable bonds is 5. The van der Waals surface area contributed by atoms with Gasteiger partial charge in [-0.3, -0.25) is 0 Å². The Labute approximate surface area is 163 Å². The first-order valence-electron chi connectivity index (χ1n) is 9.01. The van der Waals surface area contributed by atoms with E-state index in [0.29, 0.717) is 0 Å². The Kier molecular flexibility index (Phi) is 4.93. The van der Waals surface area contributed by atoms with E-state index in [1.807, 2.05) is 74.5 Å². The van der Waals surface area contributed by atoms with Crippen LogP contribution in [0.3, 0.4) is 0 Å². The minimum atomic E-state index is 0.722. The molecule has 0 aliphatic rings. The van der Waals surface area contributed by atoms with Crippen molar-refractivity contribution in [1.82, 2.24) is 19.9 Å². The summed E-state index contributed by atoms with van der Waals surface area (Å²) in [7, 11) is 0. The second-order valence-corrected chi connectivity index (χ2v) is 6.40. The zero-order valence-electron chi connectivity index (χ0n) is 15.7. The number of aryl methyl sites for hydroxylation is 2. The normalized spacial score (nSPS) is 10.5. The number of nitrogens with one attached hydrogen (secondary N) is 2. The smallest absolute Gasteiger partial charge is 0.134 e. The standard InChI is InChI=1S/C22H20N6/c1-15-7-5-13-23-21(15)27-19-11-3-9-17(25-19)18-10-4-12-20(26-18)28-22-16(2)8-6-14-24-22/h3-14H,1-2H3,(H,23,25,27)(H,24,26,28). The van der Waals surface area contributed by atoms with Crippen molar-refractivity contribution in [2.75, 3.05) is 10.6 Å². The van der Waals surface area contributed by atoms with Crippen molar-refractivity contribution >= 4 is 23.3 Å². The fourth-order valence-corrected chi connectivity index (χ4v) is 2.77. The maximum Gasteiger partial charge on any atom is 0.134 e. The lowest BCUT2D eigenvalue weighted by molar-refractivity contribution is 1.19. The molecule has 4 aromatic heterocycles. The number of nitrogens with zero attached hydrogens (tertiary/aromatic N) is 4. The van der Waals surface area contributed by atoms with Crippen molar-refractivity contribution in [2.24, 2.45) is 0 Å². The fourth-order valence-electron chi connectivity index (χ4n) is 2.77. The van der Waals surface area contributed by atoms with Crippen LogP contribution >= 0.6 is 0 Å². The van der Waals surface area contributed by atoms with Gasteiger partial charge in [-0.25, -0.2) is 19.9 Å². The zero-order valence-corrected chi connectivity index (χ0v) is 15.7. The molecular formula is C22H20N6. The van der Waals surface area contributed by atoms with E-state index in [4.69, 9.17) is 0 Å². The topological polar surface area (TPSA) is 75.6 Å². The predicted molar refractivity (Wildman–Crippen MR) is 112 cm³/mol. The van der Waals surface area contributed by atoms with Crippen LogP contribution in [-0.2, 0) is 0 Å². The number of hydrogen-bond acceptors (Lipinski definition) is 6. The maximum atomic E-state index is 4.69. The lowest BCUT2D eigenvalue weighted by Gasteiger charge is -2.10. The Morgan fingerprint density at radius 3 is 1.46 bits per heavy atom. The van der Waals surface area contributed by atoms with Crippen molar-refractivity contribution in [2.45, 2.75) is 13.8 Å². The van der Waals surface area contributed by atoms with Crippen LogP contribution in [0.2, 0.25) is 0 Å². The summed E-state index contributed by atoms with van der Waals surface area (Å²) in [6.45, 7) is 4.02. The molecule has 0 amide bonds. The molecule has 0 aliphatic carbocycles. The van der Waals surface area contributed by atoms with Gasteiger partial charge in [0, 0.05) is 12.4 Å². The van der Waals surface area contributed by atoms with Crippen molar-refractivity contribution < 1.29 is 0 Å². The van der Waals surface area contributed by atoms with Gasteiger partial charge < -0.3 is 10.6 Å². The van der Waals surface area contributed by atoms with Crippen molar-refractivity contribution in [3.05, 3.63) is 84.2 Å². The summed E-state index contributed by atoms with van der Waals surface area (Å²) in [6.07, 6.45) is 3.52. The van der Waals surface area contributed by atoms with Gasteiger partial charge in [-0.15, -0.1) is 0 Å². The van der Waals surface area contributed by atoms with Gasteiger partial charge in [-0.2, -0.15) is 0 Å². The highest BCUT2D eigenvalue weighted by Gasteiger charge is 2.07. The second kappa shape index (κ2) is 7.84. The van der Waals surface area contributed by atoms with E-state index in [2.05, 4.69) is 30.6 Å². The Bertz CT molecular complexity index is 1020. The summed E-state index contributed by atoms with van der Waals surface area (Å²) in [6, 6.07) is 19.5. The van der Waals surface area contributed by atoms with E-state index in [9.17, 15) is 0 Å². The Hall–Kier alpha value is -3.80. The molecule has 0 radical (unpaired) electrons. The van der Waals surface area contributed by atoms with E-state index >= 15 is 0 Å². The van der Waals surface area contributed by atoms with Gasteiger partial charge >= 0.3 is 0 Å². The third-order valence-corrected chi connectivity index (χ3v) is 4.27. The highest BCUT2D eigenvalue weighted by molar-refractivity contribution is 5.64. The molecule has 28 heavy (non-hydrogen) atoms. The quantitative estimate of drug-likeness (QED) is 0.514. The van der Waals surface area contributed by atoms with Gasteiger partial charge in [0.25, 0.3) is 0 Å². The van der Waals surface area contributed by atoms with E-state index in [-0.39, 0.29) is 0 Å². The molecular weight excluding hydrogens is 348 g/mol. The molecule has 4 heterocycles. The molecule has 2 N–H and O–H groups in total. The van der Waals surface area contributed by atoms with E-state index in [0.717, 1.165) is 45.8 Å². The molecule has 4 rings (SSSR count).